The van der Waals surface area contributed by atoms with Crippen molar-refractivity contribution in [1.29, 1.82) is 0 Å². The van der Waals surface area contributed by atoms with Crippen LogP contribution in [0, 0.1) is 5.92 Å². The minimum Gasteiger partial charge on any atom is -0.314 e. The molecule has 0 spiro atoms. The third-order valence-corrected chi connectivity index (χ3v) is 2.33. The average molecular weight is 185 g/mol. The summed E-state index contributed by atoms with van der Waals surface area (Å²) in [5.41, 5.74) is 2.80. The normalized spacial score (nSPS) is 28.9. The molecular weight excluding hydrogens is 166 g/mol. The van der Waals surface area contributed by atoms with Gasteiger partial charge in [-0.25, -0.2) is 5.01 Å². The zero-order valence-electron chi connectivity index (χ0n) is 8.63. The monoisotopic (exact) mass is 185 g/mol. The van der Waals surface area contributed by atoms with Gasteiger partial charge < -0.3 is 5.32 Å². The van der Waals surface area contributed by atoms with Gasteiger partial charge in [0.25, 0.3) is 0 Å². The second-order valence-corrected chi connectivity index (χ2v) is 3.95. The fourth-order valence-electron chi connectivity index (χ4n) is 1.68. The van der Waals surface area contributed by atoms with Crippen molar-refractivity contribution < 1.29 is 4.79 Å². The van der Waals surface area contributed by atoms with Crippen LogP contribution in [0.3, 0.4) is 0 Å². The maximum atomic E-state index is 11.6. The molecule has 76 valence electrons. The van der Waals surface area contributed by atoms with Gasteiger partial charge in [-0.05, 0) is 26.3 Å². The number of amides is 1. The van der Waals surface area contributed by atoms with Gasteiger partial charge in [0.2, 0.25) is 5.91 Å². The third-order valence-electron chi connectivity index (χ3n) is 2.33. The van der Waals surface area contributed by atoms with E-state index < -0.39 is 0 Å². The van der Waals surface area contributed by atoms with Gasteiger partial charge in [0.15, 0.2) is 0 Å². The average Bonchev–Trinajstić information content (AvgIpc) is 2.03. The molecule has 4 heteroatoms. The van der Waals surface area contributed by atoms with Gasteiger partial charge in [-0.2, -0.15) is 0 Å². The molecule has 1 fully saturated rings. The van der Waals surface area contributed by atoms with Crippen LogP contribution in [-0.4, -0.2) is 37.6 Å². The Balaban J connectivity index is 2.37. The van der Waals surface area contributed by atoms with E-state index in [1.165, 1.54) is 0 Å². The molecule has 0 bridgehead atoms. The lowest BCUT2D eigenvalue weighted by Crippen LogP contribution is -2.46. The summed E-state index contributed by atoms with van der Waals surface area (Å²) in [6.07, 6.45) is 1.89. The molecule has 0 radical (unpaired) electrons. The Morgan fingerprint density at radius 1 is 1.54 bits per heavy atom. The Bertz CT molecular complexity index is 182. The van der Waals surface area contributed by atoms with Crippen molar-refractivity contribution in [2.75, 3.05) is 20.6 Å². The summed E-state index contributed by atoms with van der Waals surface area (Å²) in [6.45, 7) is 3.07. The molecule has 2 atom stereocenters. The van der Waals surface area contributed by atoms with Gasteiger partial charge in [-0.15, -0.1) is 0 Å². The quantitative estimate of drug-likeness (QED) is 0.594. The second-order valence-electron chi connectivity index (χ2n) is 3.95. The van der Waals surface area contributed by atoms with Crippen LogP contribution in [0.5, 0.6) is 0 Å². The van der Waals surface area contributed by atoms with E-state index in [4.69, 9.17) is 0 Å². The van der Waals surface area contributed by atoms with Crippen LogP contribution in [-0.2, 0) is 4.79 Å². The van der Waals surface area contributed by atoms with Crippen molar-refractivity contribution in [2.24, 2.45) is 5.92 Å². The number of hydrogen-bond acceptors (Lipinski definition) is 3. The van der Waals surface area contributed by atoms with E-state index in [9.17, 15) is 4.79 Å². The Kier molecular flexibility index (Phi) is 3.69. The Morgan fingerprint density at radius 2 is 2.23 bits per heavy atom. The maximum absolute atomic E-state index is 11.6. The molecule has 2 N–H and O–H groups in total. The van der Waals surface area contributed by atoms with Gasteiger partial charge in [0.1, 0.15) is 0 Å². The molecule has 0 aromatic carbocycles. The van der Waals surface area contributed by atoms with E-state index in [2.05, 4.69) is 17.7 Å². The predicted octanol–water partition coefficient (Wildman–Crippen LogP) is -0.0327. The van der Waals surface area contributed by atoms with Crippen molar-refractivity contribution in [1.82, 2.24) is 15.8 Å². The van der Waals surface area contributed by atoms with Crippen LogP contribution in [0.15, 0.2) is 0 Å². The summed E-state index contributed by atoms with van der Waals surface area (Å²) in [7, 11) is 3.67. The number of nitrogens with zero attached hydrogens (tertiary/aromatic N) is 1. The summed E-state index contributed by atoms with van der Waals surface area (Å²) in [5.74, 6) is 0.331. The highest BCUT2D eigenvalue weighted by molar-refractivity contribution is 5.78. The molecule has 1 rings (SSSR count). The minimum atomic E-state index is 0.151. The maximum Gasteiger partial charge on any atom is 0.237 e. The standard InChI is InChI=1S/C9H19N3O/c1-7-6-8(4-5-10-7)9(13)11-12(2)3/h7-8,10H,4-6H2,1-3H3,(H,11,13). The minimum absolute atomic E-state index is 0.151. The smallest absolute Gasteiger partial charge is 0.237 e. The van der Waals surface area contributed by atoms with Gasteiger partial charge in [0, 0.05) is 26.1 Å². The van der Waals surface area contributed by atoms with Crippen LogP contribution < -0.4 is 10.7 Å². The molecule has 1 heterocycles. The zero-order chi connectivity index (χ0) is 9.84. The van der Waals surface area contributed by atoms with E-state index >= 15 is 0 Å². The fraction of sp³-hybridized carbons (Fsp3) is 0.889. The highest BCUT2D eigenvalue weighted by Crippen LogP contribution is 2.15. The van der Waals surface area contributed by atoms with Crippen molar-refractivity contribution in [3.05, 3.63) is 0 Å². The molecule has 1 amide bonds. The molecule has 0 saturated carbocycles. The fourth-order valence-corrected chi connectivity index (χ4v) is 1.68. The lowest BCUT2D eigenvalue weighted by molar-refractivity contribution is -0.129. The first kappa shape index (κ1) is 10.5. The molecule has 0 aromatic heterocycles. The zero-order valence-corrected chi connectivity index (χ0v) is 8.63. The number of piperidine rings is 1. The molecule has 2 unspecified atom stereocenters. The number of carbonyl (C=O) groups is 1. The first-order valence-electron chi connectivity index (χ1n) is 4.81. The van der Waals surface area contributed by atoms with Crippen LogP contribution in [0.25, 0.3) is 0 Å². The van der Waals surface area contributed by atoms with Crippen LogP contribution in [0.2, 0.25) is 0 Å². The largest absolute Gasteiger partial charge is 0.314 e. The van der Waals surface area contributed by atoms with Gasteiger partial charge in [-0.1, -0.05) is 0 Å². The van der Waals surface area contributed by atoms with E-state index in [0.29, 0.717) is 6.04 Å². The third kappa shape index (κ3) is 3.32. The Labute approximate surface area is 79.6 Å². The van der Waals surface area contributed by atoms with E-state index in [1.54, 1.807) is 5.01 Å². The van der Waals surface area contributed by atoms with E-state index in [0.717, 1.165) is 19.4 Å². The summed E-state index contributed by atoms with van der Waals surface area (Å²) < 4.78 is 0. The van der Waals surface area contributed by atoms with Crippen LogP contribution in [0.1, 0.15) is 19.8 Å². The molecule has 0 aromatic rings. The first-order chi connectivity index (χ1) is 6.09. The lowest BCUT2D eigenvalue weighted by atomic mass is 9.93. The van der Waals surface area contributed by atoms with Crippen molar-refractivity contribution >= 4 is 5.91 Å². The predicted molar refractivity (Wildman–Crippen MR) is 52.0 cm³/mol. The first-order valence-corrected chi connectivity index (χ1v) is 4.81. The van der Waals surface area contributed by atoms with Crippen molar-refractivity contribution in [3.8, 4) is 0 Å². The van der Waals surface area contributed by atoms with Gasteiger partial charge in [0.05, 0.1) is 0 Å². The summed E-state index contributed by atoms with van der Waals surface area (Å²) >= 11 is 0. The van der Waals surface area contributed by atoms with E-state index in [-0.39, 0.29) is 11.8 Å². The highest BCUT2D eigenvalue weighted by atomic mass is 16.2. The molecule has 0 aliphatic carbocycles. The van der Waals surface area contributed by atoms with Crippen molar-refractivity contribution in [2.45, 2.75) is 25.8 Å². The summed E-state index contributed by atoms with van der Waals surface area (Å²) in [4.78, 5) is 11.6. The Hall–Kier alpha value is -0.610. The Morgan fingerprint density at radius 3 is 2.77 bits per heavy atom. The number of rotatable bonds is 2. The molecule has 1 saturated heterocycles. The lowest BCUT2D eigenvalue weighted by Gasteiger charge is -2.28. The summed E-state index contributed by atoms with van der Waals surface area (Å²) in [5, 5.41) is 5.03. The molecular formula is C9H19N3O. The summed E-state index contributed by atoms with van der Waals surface area (Å²) in [6, 6.07) is 0.465. The molecule has 4 nitrogen and oxygen atoms in total. The SMILES string of the molecule is CC1CC(C(=O)NN(C)C)CCN1. The van der Waals surface area contributed by atoms with Gasteiger partial charge >= 0.3 is 0 Å². The molecule has 1 aliphatic heterocycles. The second kappa shape index (κ2) is 4.58. The number of carbonyl (C=O) groups excluding carboxylic acids is 1. The molecule has 1 aliphatic rings. The van der Waals surface area contributed by atoms with Gasteiger partial charge in [-0.3, -0.25) is 10.2 Å². The number of hydrogen-bond donors (Lipinski definition) is 2. The van der Waals surface area contributed by atoms with Crippen LogP contribution in [0.4, 0.5) is 0 Å². The highest BCUT2D eigenvalue weighted by Gasteiger charge is 2.24. The number of nitrogens with one attached hydrogen (secondary N) is 2. The number of hydrazine groups is 1. The molecule has 13 heavy (non-hydrogen) atoms. The topological polar surface area (TPSA) is 44.4 Å². The van der Waals surface area contributed by atoms with Crippen molar-refractivity contribution in [3.63, 3.8) is 0 Å². The van der Waals surface area contributed by atoms with E-state index in [1.807, 2.05) is 14.1 Å². The van der Waals surface area contributed by atoms with Crippen LogP contribution >= 0.6 is 0 Å².